The number of H-pyrrole nitrogens is 1. The molecule has 0 spiro atoms. The Balaban J connectivity index is 1.43. The minimum Gasteiger partial charge on any atom is -0.496 e. The maximum absolute atomic E-state index is 14.5. The predicted molar refractivity (Wildman–Crippen MR) is 164 cm³/mol. The SMILES string of the molecule is COc1cc2c(cc1C(=O)N(C)C)-c1cc(C(=O)NC(CO)Cc3c[nH]c4ccccc34)c(-c3cccc(F)c3)n1CC2. The number of aromatic nitrogens is 2. The Morgan fingerprint density at radius 1 is 1.09 bits per heavy atom. The van der Waals surface area contributed by atoms with Crippen molar-refractivity contribution in [1.29, 1.82) is 0 Å². The number of ether oxygens (including phenoxy) is 1. The summed E-state index contributed by atoms with van der Waals surface area (Å²) in [4.78, 5) is 31.7. The lowest BCUT2D eigenvalue weighted by Crippen LogP contribution is -2.39. The minimum absolute atomic E-state index is 0.199. The Bertz CT molecular complexity index is 1850. The summed E-state index contributed by atoms with van der Waals surface area (Å²) in [7, 11) is 4.91. The van der Waals surface area contributed by atoms with Crippen molar-refractivity contribution in [2.45, 2.75) is 25.4 Å². The van der Waals surface area contributed by atoms with E-state index in [1.165, 1.54) is 24.1 Å². The number of halogens is 1. The van der Waals surface area contributed by atoms with Crippen molar-refractivity contribution in [2.75, 3.05) is 27.8 Å². The highest BCUT2D eigenvalue weighted by Gasteiger charge is 2.29. The molecule has 3 aromatic carbocycles. The number of carbonyl (C=O) groups is 2. The number of nitrogens with zero attached hydrogens (tertiary/aromatic N) is 2. The van der Waals surface area contributed by atoms with Gasteiger partial charge in [-0.15, -0.1) is 0 Å². The molecule has 0 radical (unpaired) electrons. The third-order valence-electron chi connectivity index (χ3n) is 8.08. The van der Waals surface area contributed by atoms with Gasteiger partial charge in [0.2, 0.25) is 0 Å². The summed E-state index contributed by atoms with van der Waals surface area (Å²) in [6.07, 6.45) is 2.95. The minimum atomic E-state index is -0.551. The van der Waals surface area contributed by atoms with Crippen LogP contribution < -0.4 is 10.1 Å². The topological polar surface area (TPSA) is 99.6 Å². The number of aliphatic hydroxyl groups excluding tert-OH is 1. The number of nitrogens with one attached hydrogen (secondary N) is 2. The number of para-hydroxylation sites is 1. The number of fused-ring (bicyclic) bond motifs is 4. The Morgan fingerprint density at radius 3 is 2.65 bits per heavy atom. The highest BCUT2D eigenvalue weighted by atomic mass is 19.1. The van der Waals surface area contributed by atoms with Gasteiger partial charge in [0.25, 0.3) is 11.8 Å². The maximum atomic E-state index is 14.5. The van der Waals surface area contributed by atoms with E-state index in [-0.39, 0.29) is 18.4 Å². The summed E-state index contributed by atoms with van der Waals surface area (Å²) in [5, 5.41) is 14.3. The van der Waals surface area contributed by atoms with Crippen LogP contribution in [0, 0.1) is 5.82 Å². The summed E-state index contributed by atoms with van der Waals surface area (Å²) in [6.45, 7) is 0.289. The first-order valence-corrected chi connectivity index (χ1v) is 14.2. The van der Waals surface area contributed by atoms with Crippen LogP contribution in [0.15, 0.2) is 72.9 Å². The van der Waals surface area contributed by atoms with E-state index in [0.717, 1.165) is 33.3 Å². The number of carbonyl (C=O) groups excluding carboxylic acids is 2. The third kappa shape index (κ3) is 5.17. The summed E-state index contributed by atoms with van der Waals surface area (Å²) < 4.78 is 22.0. The van der Waals surface area contributed by atoms with E-state index >= 15 is 0 Å². The Morgan fingerprint density at radius 2 is 1.91 bits per heavy atom. The largest absolute Gasteiger partial charge is 0.496 e. The fourth-order valence-corrected chi connectivity index (χ4v) is 5.99. The zero-order valence-corrected chi connectivity index (χ0v) is 24.3. The van der Waals surface area contributed by atoms with Crippen LogP contribution >= 0.6 is 0 Å². The van der Waals surface area contributed by atoms with Crippen molar-refractivity contribution in [2.24, 2.45) is 0 Å². The molecule has 1 aliphatic rings. The van der Waals surface area contributed by atoms with Gasteiger partial charge in [0.05, 0.1) is 36.6 Å². The molecule has 2 aromatic heterocycles. The smallest absolute Gasteiger partial charge is 0.257 e. The highest BCUT2D eigenvalue weighted by Crippen LogP contribution is 2.40. The first kappa shape index (κ1) is 28.2. The van der Waals surface area contributed by atoms with Crippen LogP contribution in [-0.2, 0) is 19.4 Å². The molecule has 43 heavy (non-hydrogen) atoms. The molecule has 0 bridgehead atoms. The number of aliphatic hydroxyl groups is 1. The van der Waals surface area contributed by atoms with Gasteiger partial charge in [-0.3, -0.25) is 9.59 Å². The quantitative estimate of drug-likeness (QED) is 0.239. The second kappa shape index (κ2) is 11.4. The van der Waals surface area contributed by atoms with Crippen molar-refractivity contribution in [3.63, 3.8) is 0 Å². The highest BCUT2D eigenvalue weighted by molar-refractivity contribution is 6.03. The molecule has 1 atom stereocenters. The molecule has 0 aliphatic carbocycles. The zero-order chi connectivity index (χ0) is 30.2. The van der Waals surface area contributed by atoms with Crippen LogP contribution in [0.4, 0.5) is 4.39 Å². The Hall–Kier alpha value is -4.89. The van der Waals surface area contributed by atoms with Crippen LogP contribution in [0.2, 0.25) is 0 Å². The Kier molecular flexibility index (Phi) is 7.50. The van der Waals surface area contributed by atoms with Crippen molar-refractivity contribution < 1.29 is 23.8 Å². The maximum Gasteiger partial charge on any atom is 0.257 e. The van der Waals surface area contributed by atoms with Crippen LogP contribution in [0.3, 0.4) is 0 Å². The molecule has 9 heteroatoms. The van der Waals surface area contributed by atoms with E-state index in [4.69, 9.17) is 4.74 Å². The van der Waals surface area contributed by atoms with E-state index < -0.39 is 11.9 Å². The zero-order valence-electron chi connectivity index (χ0n) is 24.3. The molecule has 0 saturated heterocycles. The van der Waals surface area contributed by atoms with Crippen molar-refractivity contribution in [3.8, 4) is 28.3 Å². The molecule has 8 nitrogen and oxygen atoms in total. The molecule has 5 aromatic rings. The van der Waals surface area contributed by atoms with Crippen LogP contribution in [-0.4, -0.2) is 65.2 Å². The Labute approximate surface area is 248 Å². The van der Waals surface area contributed by atoms with E-state index in [0.29, 0.717) is 47.5 Å². The molecule has 0 saturated carbocycles. The molecule has 1 unspecified atom stereocenters. The monoisotopic (exact) mass is 580 g/mol. The van der Waals surface area contributed by atoms with Crippen molar-refractivity contribution in [1.82, 2.24) is 19.8 Å². The number of amides is 2. The summed E-state index contributed by atoms with van der Waals surface area (Å²) in [5.41, 5.74) is 6.44. The molecule has 6 rings (SSSR count). The summed E-state index contributed by atoms with van der Waals surface area (Å²) >= 11 is 0. The van der Waals surface area contributed by atoms with E-state index in [1.807, 2.05) is 47.2 Å². The van der Waals surface area contributed by atoms with Crippen molar-refractivity contribution in [3.05, 3.63) is 101 Å². The lowest BCUT2D eigenvalue weighted by atomic mass is 9.95. The number of aryl methyl sites for hydroxylation is 1. The molecular formula is C34H33FN4O4. The van der Waals surface area contributed by atoms with Gasteiger partial charge in [-0.1, -0.05) is 30.3 Å². The molecule has 1 aliphatic heterocycles. The van der Waals surface area contributed by atoms with Gasteiger partial charge < -0.3 is 29.6 Å². The fraction of sp³-hybridized carbons (Fsp3) is 0.235. The van der Waals surface area contributed by atoms with Gasteiger partial charge >= 0.3 is 0 Å². The predicted octanol–water partition coefficient (Wildman–Crippen LogP) is 5.04. The van der Waals surface area contributed by atoms with E-state index in [2.05, 4.69) is 10.3 Å². The van der Waals surface area contributed by atoms with Crippen LogP contribution in [0.5, 0.6) is 5.75 Å². The summed E-state index contributed by atoms with van der Waals surface area (Å²) in [5.74, 6) is -0.495. The average Bonchev–Trinajstić information content (AvgIpc) is 3.61. The van der Waals surface area contributed by atoms with E-state index in [1.54, 1.807) is 32.3 Å². The number of hydrogen-bond donors (Lipinski definition) is 3. The average molecular weight is 581 g/mol. The fourth-order valence-electron chi connectivity index (χ4n) is 5.99. The second-order valence-corrected chi connectivity index (χ2v) is 11.0. The van der Waals surface area contributed by atoms with Gasteiger partial charge in [-0.05, 0) is 60.4 Å². The standard InChI is InChI=1S/C34H33FN4O4/c1-38(2)34(42)27-16-26-20(15-31(27)43-3)11-12-39-30(26)17-28(32(39)21-7-6-8-23(35)13-21)33(41)37-24(19-40)14-22-18-36-29-10-5-4-9-25(22)29/h4-10,13,15-18,24,36,40H,11-12,14,19H2,1-3H3,(H,37,41). The number of benzene rings is 3. The van der Waals surface area contributed by atoms with E-state index in [9.17, 15) is 19.1 Å². The number of hydrogen-bond acceptors (Lipinski definition) is 4. The van der Waals surface area contributed by atoms with Gasteiger partial charge in [0.15, 0.2) is 0 Å². The van der Waals surface area contributed by atoms with Crippen LogP contribution in [0.1, 0.15) is 31.8 Å². The van der Waals surface area contributed by atoms with Gasteiger partial charge in [0, 0.05) is 54.6 Å². The third-order valence-corrected chi connectivity index (χ3v) is 8.08. The molecule has 3 N–H and O–H groups in total. The first-order valence-electron chi connectivity index (χ1n) is 14.2. The van der Waals surface area contributed by atoms with Crippen molar-refractivity contribution >= 4 is 22.7 Å². The first-order chi connectivity index (χ1) is 20.8. The van der Waals surface area contributed by atoms with Crippen LogP contribution in [0.25, 0.3) is 33.4 Å². The molecule has 3 heterocycles. The molecular weight excluding hydrogens is 547 g/mol. The number of rotatable bonds is 8. The van der Waals surface area contributed by atoms with Gasteiger partial charge in [-0.2, -0.15) is 0 Å². The number of methoxy groups -OCH3 is 1. The normalized spacial score (nSPS) is 12.9. The number of aromatic amines is 1. The van der Waals surface area contributed by atoms with Gasteiger partial charge in [-0.25, -0.2) is 4.39 Å². The molecule has 2 amide bonds. The lowest BCUT2D eigenvalue weighted by Gasteiger charge is -2.24. The molecule has 0 fully saturated rings. The lowest BCUT2D eigenvalue weighted by molar-refractivity contribution is 0.0823. The van der Waals surface area contributed by atoms with Gasteiger partial charge in [0.1, 0.15) is 11.6 Å². The summed E-state index contributed by atoms with van der Waals surface area (Å²) in [6, 6.07) is 19.0. The second-order valence-electron chi connectivity index (χ2n) is 11.0. The molecule has 220 valence electrons.